The summed E-state index contributed by atoms with van der Waals surface area (Å²) in [6.07, 6.45) is 0. The van der Waals surface area contributed by atoms with Crippen LogP contribution in [-0.2, 0) is 0 Å². The highest BCUT2D eigenvalue weighted by atomic mass is 16.5. The van der Waals surface area contributed by atoms with Gasteiger partial charge in [-0.05, 0) is 14.0 Å². The van der Waals surface area contributed by atoms with E-state index in [0.717, 1.165) is 0 Å². The van der Waals surface area contributed by atoms with Crippen LogP contribution in [0.1, 0.15) is 6.92 Å². The molecule has 0 aliphatic rings. The van der Waals surface area contributed by atoms with Gasteiger partial charge in [-0.15, -0.1) is 0 Å². The lowest BCUT2D eigenvalue weighted by Gasteiger charge is -2.30. The van der Waals surface area contributed by atoms with Crippen molar-refractivity contribution in [3.05, 3.63) is 5.21 Å². The molecule has 0 saturated heterocycles. The first kappa shape index (κ1) is 7.84. The Hall–Kier alpha value is -0.160. The molecule has 0 unspecified atom stereocenters. The van der Waals surface area contributed by atoms with E-state index in [-0.39, 0.29) is 6.54 Å². The second kappa shape index (κ2) is 2.41. The molecule has 0 rings (SSSR count). The third-order valence-electron chi connectivity index (χ3n) is 0.563. The maximum atomic E-state index is 10.2. The molecule has 0 radical (unpaired) electrons. The summed E-state index contributed by atoms with van der Waals surface area (Å²) >= 11 is 0. The molecule has 0 fully saturated rings. The fraction of sp³-hybridized carbons (Fsp3) is 1.00. The molecule has 0 aromatic heterocycles. The highest BCUT2D eigenvalue weighted by molar-refractivity contribution is 4.73. The van der Waals surface area contributed by atoms with Crippen LogP contribution in [0.25, 0.3) is 0 Å². The van der Waals surface area contributed by atoms with Crippen molar-refractivity contribution in [1.29, 1.82) is 0 Å². The Morgan fingerprint density at radius 2 is 2.00 bits per heavy atom. The lowest BCUT2D eigenvalue weighted by molar-refractivity contribution is 0.334. The highest BCUT2D eigenvalue weighted by Crippen LogP contribution is 1.88. The Labute approximate surface area is 49.0 Å². The minimum absolute atomic E-state index is 0.160. The van der Waals surface area contributed by atoms with E-state index < -0.39 is 5.66 Å². The van der Waals surface area contributed by atoms with E-state index in [4.69, 9.17) is 11.5 Å². The number of hydrogen-bond donors (Lipinski definition) is 2. The molecule has 8 heavy (non-hydrogen) atoms. The van der Waals surface area contributed by atoms with Crippen molar-refractivity contribution >= 4 is 0 Å². The zero-order valence-electron chi connectivity index (χ0n) is 5.22. The van der Waals surface area contributed by atoms with Crippen molar-refractivity contribution in [2.24, 2.45) is 11.5 Å². The normalized spacial score (nSPS) is 12.8. The lowest BCUT2D eigenvalue weighted by atomic mass is 10.2. The largest absolute Gasteiger partial charge is 0.785 e. The smallest absolute Gasteiger partial charge is 0.0729 e. The Morgan fingerprint density at radius 3 is 2.00 bits per heavy atom. The first-order chi connectivity index (χ1) is 3.42. The maximum Gasteiger partial charge on any atom is 0.0729 e. The van der Waals surface area contributed by atoms with Gasteiger partial charge < -0.3 is 21.7 Å². The average Bonchev–Trinajstić information content (AvgIpc) is 1.21. The fourth-order valence-electron chi connectivity index (χ4n) is 0.480. The van der Waals surface area contributed by atoms with E-state index in [9.17, 15) is 5.21 Å². The van der Waals surface area contributed by atoms with Gasteiger partial charge in [-0.25, -0.2) is 0 Å². The van der Waals surface area contributed by atoms with Gasteiger partial charge in [0.25, 0.3) is 0 Å². The van der Waals surface area contributed by atoms with Crippen molar-refractivity contribution in [1.82, 2.24) is 5.06 Å². The second-order valence-electron chi connectivity index (χ2n) is 2.29. The van der Waals surface area contributed by atoms with Crippen molar-refractivity contribution in [2.75, 3.05) is 13.6 Å². The maximum absolute atomic E-state index is 10.2. The highest BCUT2D eigenvalue weighted by Gasteiger charge is 2.08. The van der Waals surface area contributed by atoms with E-state index in [0.29, 0.717) is 5.06 Å². The summed E-state index contributed by atoms with van der Waals surface area (Å²) in [5, 5.41) is 10.9. The number of hydrogen-bond acceptors (Lipinski definition) is 4. The van der Waals surface area contributed by atoms with Crippen LogP contribution in [-0.4, -0.2) is 24.3 Å². The lowest BCUT2D eigenvalue weighted by Crippen LogP contribution is -2.53. The van der Waals surface area contributed by atoms with Crippen LogP contribution in [0.4, 0.5) is 0 Å². The van der Waals surface area contributed by atoms with E-state index in [1.54, 1.807) is 6.92 Å². The van der Waals surface area contributed by atoms with Gasteiger partial charge in [0.1, 0.15) is 0 Å². The Bertz CT molecular complexity index is 66.2. The quantitative estimate of drug-likeness (QED) is 0.362. The van der Waals surface area contributed by atoms with Crippen LogP contribution < -0.4 is 11.5 Å². The van der Waals surface area contributed by atoms with Gasteiger partial charge in [-0.2, -0.15) is 0 Å². The molecule has 4 nitrogen and oxygen atoms in total. The van der Waals surface area contributed by atoms with Crippen LogP contribution in [0.5, 0.6) is 0 Å². The number of rotatable bonds is 2. The van der Waals surface area contributed by atoms with Crippen LogP contribution in [0, 0.1) is 5.21 Å². The second-order valence-corrected chi connectivity index (χ2v) is 2.29. The van der Waals surface area contributed by atoms with E-state index >= 15 is 0 Å². The van der Waals surface area contributed by atoms with Gasteiger partial charge in [0.2, 0.25) is 0 Å². The van der Waals surface area contributed by atoms with Crippen LogP contribution >= 0.6 is 0 Å². The van der Waals surface area contributed by atoms with E-state index in [1.165, 1.54) is 7.05 Å². The molecule has 0 amide bonds. The van der Waals surface area contributed by atoms with E-state index in [2.05, 4.69) is 0 Å². The standard InChI is InChI=1S/C4H12N3O/c1-4(5,6)3-7(2)8/h3,5-6H2,1-2H3/q-1. The van der Waals surface area contributed by atoms with E-state index in [1.807, 2.05) is 0 Å². The summed E-state index contributed by atoms with van der Waals surface area (Å²) in [5.74, 6) is 0. The molecule has 0 aliphatic carbocycles. The number of nitrogens with two attached hydrogens (primary N) is 2. The van der Waals surface area contributed by atoms with Crippen LogP contribution in [0.2, 0.25) is 0 Å². The Balaban J connectivity index is 3.39. The minimum Gasteiger partial charge on any atom is -0.785 e. The predicted molar refractivity (Wildman–Crippen MR) is 32.8 cm³/mol. The van der Waals surface area contributed by atoms with Crippen molar-refractivity contribution in [3.8, 4) is 0 Å². The number of nitrogens with zero attached hydrogens (tertiary/aromatic N) is 1. The van der Waals surface area contributed by atoms with Crippen LogP contribution in [0.15, 0.2) is 0 Å². The molecular formula is C4H12N3O-. The first-order valence-corrected chi connectivity index (χ1v) is 2.38. The molecule has 0 aromatic rings. The predicted octanol–water partition coefficient (Wildman–Crippen LogP) is -0.950. The molecule has 0 atom stereocenters. The van der Waals surface area contributed by atoms with Crippen LogP contribution in [0.3, 0.4) is 0 Å². The SMILES string of the molecule is CN([O-])CC(C)(N)N. The summed E-state index contributed by atoms with van der Waals surface area (Å²) in [6, 6.07) is 0. The fourth-order valence-corrected chi connectivity index (χ4v) is 0.480. The zero-order chi connectivity index (χ0) is 6.78. The molecule has 4 N–H and O–H groups in total. The summed E-state index contributed by atoms with van der Waals surface area (Å²) in [4.78, 5) is 0. The summed E-state index contributed by atoms with van der Waals surface area (Å²) in [5.41, 5.74) is 9.68. The van der Waals surface area contributed by atoms with Crippen molar-refractivity contribution in [3.63, 3.8) is 0 Å². The monoisotopic (exact) mass is 118 g/mol. The number of likely N-dealkylation sites (N-methyl/N-ethyl adjacent to an activating group) is 1. The van der Waals surface area contributed by atoms with Gasteiger partial charge >= 0.3 is 0 Å². The molecule has 50 valence electrons. The van der Waals surface area contributed by atoms with Gasteiger partial charge in [0, 0.05) is 6.54 Å². The molecular weight excluding hydrogens is 106 g/mol. The van der Waals surface area contributed by atoms with Crippen molar-refractivity contribution in [2.45, 2.75) is 12.6 Å². The third kappa shape index (κ3) is 5.84. The van der Waals surface area contributed by atoms with Gasteiger partial charge in [0.05, 0.1) is 5.66 Å². The zero-order valence-corrected chi connectivity index (χ0v) is 5.22. The molecule has 0 spiro atoms. The Kier molecular flexibility index (Phi) is 2.36. The number of hydroxylamine groups is 2. The van der Waals surface area contributed by atoms with Gasteiger partial charge in [-0.1, -0.05) is 0 Å². The Morgan fingerprint density at radius 1 is 1.62 bits per heavy atom. The summed E-state index contributed by atoms with van der Waals surface area (Å²) in [7, 11) is 1.39. The summed E-state index contributed by atoms with van der Waals surface area (Å²) < 4.78 is 0. The molecule has 0 bridgehead atoms. The molecule has 0 aromatic carbocycles. The summed E-state index contributed by atoms with van der Waals surface area (Å²) in [6.45, 7) is 1.76. The third-order valence-corrected chi connectivity index (χ3v) is 0.563. The average molecular weight is 118 g/mol. The molecule has 4 heteroatoms. The van der Waals surface area contributed by atoms with Gasteiger partial charge in [0.15, 0.2) is 0 Å². The minimum atomic E-state index is -0.865. The van der Waals surface area contributed by atoms with Crippen molar-refractivity contribution < 1.29 is 0 Å². The molecule has 0 heterocycles. The molecule has 0 saturated carbocycles. The molecule has 0 aliphatic heterocycles. The first-order valence-electron chi connectivity index (χ1n) is 2.38. The van der Waals surface area contributed by atoms with Gasteiger partial charge in [-0.3, -0.25) is 0 Å². The topological polar surface area (TPSA) is 78.3 Å².